The average molecular weight is 206 g/mol. The van der Waals surface area contributed by atoms with Gasteiger partial charge >= 0.3 is 11.9 Å². The van der Waals surface area contributed by atoms with Gasteiger partial charge < -0.3 is 19.7 Å². The van der Waals surface area contributed by atoms with E-state index in [0.717, 1.165) is 6.92 Å². The topological polar surface area (TPSA) is 93.1 Å². The lowest BCUT2D eigenvalue weighted by atomic mass is 10.2. The van der Waals surface area contributed by atoms with Gasteiger partial charge in [0, 0.05) is 13.8 Å². The van der Waals surface area contributed by atoms with Gasteiger partial charge in [-0.25, -0.2) is 0 Å². The number of rotatable bonds is 5. The molecule has 0 amide bonds. The minimum Gasteiger partial charge on any atom is -0.463 e. The molecule has 2 atom stereocenters. The van der Waals surface area contributed by atoms with Gasteiger partial charge in [0.2, 0.25) is 0 Å². The predicted molar refractivity (Wildman–Crippen MR) is 45.3 cm³/mol. The standard InChI is InChI=1S/C8H14O6/c1-5(10)13-4-7(12)8(3-9)14-6(2)11/h7-9,12H,3-4H2,1-2H3/t7-,8+/m0/s1. The Hall–Kier alpha value is -1.14. The molecule has 0 radical (unpaired) electrons. The number of aliphatic hydroxyl groups is 2. The lowest BCUT2D eigenvalue weighted by Crippen LogP contribution is -2.37. The summed E-state index contributed by atoms with van der Waals surface area (Å²) >= 11 is 0. The van der Waals surface area contributed by atoms with E-state index in [1.165, 1.54) is 6.92 Å². The van der Waals surface area contributed by atoms with Gasteiger partial charge in [-0.15, -0.1) is 0 Å². The van der Waals surface area contributed by atoms with Gasteiger partial charge in [-0.2, -0.15) is 0 Å². The molecule has 0 bridgehead atoms. The average Bonchev–Trinajstić information content (AvgIpc) is 2.09. The minimum atomic E-state index is -1.22. The summed E-state index contributed by atoms with van der Waals surface area (Å²) in [6.45, 7) is 1.50. The van der Waals surface area contributed by atoms with Gasteiger partial charge in [0.25, 0.3) is 0 Å². The second kappa shape index (κ2) is 6.33. The third-order valence-electron chi connectivity index (χ3n) is 1.38. The van der Waals surface area contributed by atoms with E-state index >= 15 is 0 Å². The normalized spacial score (nSPS) is 14.3. The monoisotopic (exact) mass is 206 g/mol. The summed E-state index contributed by atoms with van der Waals surface area (Å²) in [6, 6.07) is 0. The highest BCUT2D eigenvalue weighted by Gasteiger charge is 2.22. The molecule has 14 heavy (non-hydrogen) atoms. The largest absolute Gasteiger partial charge is 0.463 e. The number of hydrogen-bond donors (Lipinski definition) is 2. The van der Waals surface area contributed by atoms with Crippen LogP contribution >= 0.6 is 0 Å². The van der Waals surface area contributed by atoms with E-state index in [2.05, 4.69) is 9.47 Å². The van der Waals surface area contributed by atoms with Gasteiger partial charge in [0.15, 0.2) is 6.10 Å². The van der Waals surface area contributed by atoms with Crippen molar-refractivity contribution < 1.29 is 29.3 Å². The van der Waals surface area contributed by atoms with Crippen molar-refractivity contribution >= 4 is 11.9 Å². The van der Waals surface area contributed by atoms with Gasteiger partial charge in [0.1, 0.15) is 12.7 Å². The first-order chi connectivity index (χ1) is 6.47. The Morgan fingerprint density at radius 1 is 1.29 bits per heavy atom. The number of carbonyl (C=O) groups is 2. The maximum Gasteiger partial charge on any atom is 0.303 e. The summed E-state index contributed by atoms with van der Waals surface area (Å²) in [7, 11) is 0. The maximum atomic E-state index is 10.5. The predicted octanol–water partition coefficient (Wildman–Crippen LogP) is -1.17. The molecular formula is C8H14O6. The van der Waals surface area contributed by atoms with E-state index in [1.54, 1.807) is 0 Å². The Kier molecular flexibility index (Phi) is 5.82. The van der Waals surface area contributed by atoms with Crippen LogP contribution in [0.15, 0.2) is 0 Å². The summed E-state index contributed by atoms with van der Waals surface area (Å²) in [5.74, 6) is -1.17. The quantitative estimate of drug-likeness (QED) is 0.551. The molecule has 0 aliphatic heterocycles. The van der Waals surface area contributed by atoms with Crippen LogP contribution in [0, 0.1) is 0 Å². The van der Waals surface area contributed by atoms with Crippen molar-refractivity contribution in [2.75, 3.05) is 13.2 Å². The summed E-state index contributed by atoms with van der Waals surface area (Å²) in [4.78, 5) is 20.9. The zero-order chi connectivity index (χ0) is 11.1. The molecule has 0 aromatic heterocycles. The Bertz CT molecular complexity index is 202. The number of carbonyl (C=O) groups excluding carboxylic acids is 2. The van der Waals surface area contributed by atoms with Crippen LogP contribution in [0.4, 0.5) is 0 Å². The van der Waals surface area contributed by atoms with Crippen molar-refractivity contribution in [1.29, 1.82) is 0 Å². The van der Waals surface area contributed by atoms with Gasteiger partial charge in [-0.05, 0) is 0 Å². The highest BCUT2D eigenvalue weighted by Crippen LogP contribution is 2.00. The highest BCUT2D eigenvalue weighted by molar-refractivity contribution is 5.66. The SMILES string of the molecule is CC(=O)OC[C@H](O)[C@@H](CO)OC(C)=O. The molecule has 0 saturated heterocycles. The van der Waals surface area contributed by atoms with E-state index in [0.29, 0.717) is 0 Å². The second-order valence-corrected chi connectivity index (χ2v) is 2.70. The summed E-state index contributed by atoms with van der Waals surface area (Å²) in [5, 5.41) is 18.0. The molecule has 0 aliphatic rings. The van der Waals surface area contributed by atoms with Crippen molar-refractivity contribution in [1.82, 2.24) is 0 Å². The van der Waals surface area contributed by atoms with Crippen molar-refractivity contribution in [3.63, 3.8) is 0 Å². The highest BCUT2D eigenvalue weighted by atomic mass is 16.6. The van der Waals surface area contributed by atoms with Crippen LogP contribution in [0.3, 0.4) is 0 Å². The second-order valence-electron chi connectivity index (χ2n) is 2.70. The summed E-state index contributed by atoms with van der Waals surface area (Å²) < 4.78 is 9.04. The molecule has 0 rings (SSSR count). The lowest BCUT2D eigenvalue weighted by molar-refractivity contribution is -0.161. The molecule has 0 fully saturated rings. The third-order valence-corrected chi connectivity index (χ3v) is 1.38. The van der Waals surface area contributed by atoms with Crippen LogP contribution < -0.4 is 0 Å². The fourth-order valence-corrected chi connectivity index (χ4v) is 0.761. The first-order valence-corrected chi connectivity index (χ1v) is 4.07. The van der Waals surface area contributed by atoms with Crippen LogP contribution in [0.5, 0.6) is 0 Å². The van der Waals surface area contributed by atoms with Crippen LogP contribution in [0.1, 0.15) is 13.8 Å². The number of hydrogen-bond acceptors (Lipinski definition) is 6. The number of aliphatic hydroxyl groups excluding tert-OH is 2. The Morgan fingerprint density at radius 3 is 2.21 bits per heavy atom. The van der Waals surface area contributed by atoms with Crippen molar-refractivity contribution in [2.45, 2.75) is 26.1 Å². The molecule has 82 valence electrons. The molecule has 6 heteroatoms. The van der Waals surface area contributed by atoms with Gasteiger partial charge in [0.05, 0.1) is 6.61 Å². The third kappa shape index (κ3) is 5.50. The van der Waals surface area contributed by atoms with Gasteiger partial charge in [-0.1, -0.05) is 0 Å². The van der Waals surface area contributed by atoms with Crippen LogP contribution in [0.25, 0.3) is 0 Å². The van der Waals surface area contributed by atoms with Crippen LogP contribution in [-0.2, 0) is 19.1 Å². The summed E-state index contributed by atoms with van der Waals surface area (Å²) in [5.41, 5.74) is 0. The molecule has 6 nitrogen and oxygen atoms in total. The van der Waals surface area contributed by atoms with Crippen molar-refractivity contribution in [2.24, 2.45) is 0 Å². The smallest absolute Gasteiger partial charge is 0.303 e. The molecule has 0 saturated carbocycles. The molecule has 0 aromatic rings. The minimum absolute atomic E-state index is 0.312. The Balaban J connectivity index is 3.96. The molecule has 0 spiro atoms. The molecule has 0 aliphatic carbocycles. The summed E-state index contributed by atoms with van der Waals surface area (Å²) in [6.07, 6.45) is -2.28. The Labute approximate surface area is 81.4 Å². The van der Waals surface area contributed by atoms with E-state index in [4.69, 9.17) is 5.11 Å². The molecule has 0 unspecified atom stereocenters. The zero-order valence-electron chi connectivity index (χ0n) is 8.10. The van der Waals surface area contributed by atoms with E-state index in [9.17, 15) is 14.7 Å². The fourth-order valence-electron chi connectivity index (χ4n) is 0.761. The van der Waals surface area contributed by atoms with E-state index in [1.807, 2.05) is 0 Å². The van der Waals surface area contributed by atoms with Gasteiger partial charge in [-0.3, -0.25) is 9.59 Å². The number of ether oxygens (including phenoxy) is 2. The first-order valence-electron chi connectivity index (χ1n) is 4.07. The molecule has 0 heterocycles. The van der Waals surface area contributed by atoms with Crippen LogP contribution in [0.2, 0.25) is 0 Å². The first kappa shape index (κ1) is 12.9. The van der Waals surface area contributed by atoms with Crippen molar-refractivity contribution in [3.8, 4) is 0 Å². The molecular weight excluding hydrogens is 192 g/mol. The van der Waals surface area contributed by atoms with E-state index < -0.39 is 30.8 Å². The maximum absolute atomic E-state index is 10.5. The molecule has 2 N–H and O–H groups in total. The lowest BCUT2D eigenvalue weighted by Gasteiger charge is -2.19. The number of esters is 2. The van der Waals surface area contributed by atoms with Crippen molar-refractivity contribution in [3.05, 3.63) is 0 Å². The van der Waals surface area contributed by atoms with E-state index in [-0.39, 0.29) is 6.61 Å². The zero-order valence-corrected chi connectivity index (χ0v) is 8.10. The molecule has 0 aromatic carbocycles. The Morgan fingerprint density at radius 2 is 1.86 bits per heavy atom. The fraction of sp³-hybridized carbons (Fsp3) is 0.750. The van der Waals surface area contributed by atoms with Crippen LogP contribution in [-0.4, -0.2) is 47.6 Å².